The Balaban J connectivity index is 1.22. The minimum atomic E-state index is -1.05. The van der Waals surface area contributed by atoms with Gasteiger partial charge in [0.15, 0.2) is 0 Å². The Bertz CT molecular complexity index is 1550. The van der Waals surface area contributed by atoms with E-state index in [1.54, 1.807) is 18.1 Å². The predicted octanol–water partition coefficient (Wildman–Crippen LogP) is 1.61. The van der Waals surface area contributed by atoms with Gasteiger partial charge in [0.2, 0.25) is 17.7 Å². The summed E-state index contributed by atoms with van der Waals surface area (Å²) in [6.45, 7) is 0.512. The van der Waals surface area contributed by atoms with Crippen molar-refractivity contribution in [2.75, 3.05) is 25.5 Å². The first kappa shape index (κ1) is 22.8. The number of aromatic nitrogens is 1. The number of piperidine rings is 1. The molecule has 3 aromatic rings. The fraction of sp³-hybridized carbons (Fsp3) is 0.357. The smallest absolute Gasteiger partial charge is 0.271 e. The number of hydrogen-bond acceptors (Lipinski definition) is 5. The van der Waals surface area contributed by atoms with Crippen molar-refractivity contribution in [3.05, 3.63) is 59.8 Å². The van der Waals surface area contributed by atoms with Gasteiger partial charge in [0.1, 0.15) is 23.5 Å². The highest BCUT2D eigenvalue weighted by Crippen LogP contribution is 2.52. The fourth-order valence-corrected chi connectivity index (χ4v) is 6.86. The van der Waals surface area contributed by atoms with Gasteiger partial charge in [-0.1, -0.05) is 24.3 Å². The third-order valence-electron chi connectivity index (χ3n) is 8.83. The van der Waals surface area contributed by atoms with Crippen molar-refractivity contribution in [3.8, 4) is 5.75 Å². The summed E-state index contributed by atoms with van der Waals surface area (Å²) in [4.78, 5) is 59.9. The van der Waals surface area contributed by atoms with E-state index in [9.17, 15) is 19.2 Å². The number of carbonyl (C=O) groups excluding carboxylic acids is 4. The maximum absolute atomic E-state index is 14.1. The lowest BCUT2D eigenvalue weighted by atomic mass is 9.79. The molecule has 4 heterocycles. The summed E-state index contributed by atoms with van der Waals surface area (Å²) in [6.07, 6.45) is 0.970. The Kier molecular flexibility index (Phi) is 4.70. The molecule has 4 amide bonds. The molecule has 7 rings (SSSR count). The molecule has 4 aliphatic rings. The second-order valence-corrected chi connectivity index (χ2v) is 10.8. The quantitative estimate of drug-likeness (QED) is 0.487. The van der Waals surface area contributed by atoms with E-state index in [0.29, 0.717) is 23.7 Å². The summed E-state index contributed by atoms with van der Waals surface area (Å²) >= 11 is 0. The van der Waals surface area contributed by atoms with Crippen molar-refractivity contribution in [2.45, 2.75) is 30.3 Å². The molecule has 194 valence electrons. The number of primary amides is 1. The maximum Gasteiger partial charge on any atom is 0.271 e. The summed E-state index contributed by atoms with van der Waals surface area (Å²) < 4.78 is 5.43. The Morgan fingerprint density at radius 3 is 2.71 bits per heavy atom. The van der Waals surface area contributed by atoms with Crippen LogP contribution >= 0.6 is 0 Å². The summed E-state index contributed by atoms with van der Waals surface area (Å²) in [7, 11) is 1.58. The van der Waals surface area contributed by atoms with Crippen molar-refractivity contribution in [2.24, 2.45) is 17.6 Å². The third kappa shape index (κ3) is 3.06. The number of H-pyrrole nitrogens is 1. The van der Waals surface area contributed by atoms with Gasteiger partial charge in [-0.25, -0.2) is 0 Å². The predicted molar refractivity (Wildman–Crippen MR) is 137 cm³/mol. The van der Waals surface area contributed by atoms with E-state index < -0.39 is 23.4 Å². The van der Waals surface area contributed by atoms with Crippen LogP contribution in [-0.4, -0.2) is 70.7 Å². The van der Waals surface area contributed by atoms with Crippen LogP contribution in [0.15, 0.2) is 48.5 Å². The van der Waals surface area contributed by atoms with Gasteiger partial charge in [0, 0.05) is 29.7 Å². The van der Waals surface area contributed by atoms with Crippen LogP contribution in [0.4, 0.5) is 5.69 Å². The monoisotopic (exact) mass is 513 g/mol. The Hall–Kier alpha value is -4.34. The number of carbonyl (C=O) groups is 4. The van der Waals surface area contributed by atoms with E-state index in [0.717, 1.165) is 22.9 Å². The molecule has 0 bridgehead atoms. The molecule has 2 saturated heterocycles. The molecule has 10 heteroatoms. The van der Waals surface area contributed by atoms with Crippen LogP contribution in [0.2, 0.25) is 0 Å². The van der Waals surface area contributed by atoms with Gasteiger partial charge in [-0.15, -0.1) is 0 Å². The van der Waals surface area contributed by atoms with E-state index in [1.165, 1.54) is 4.90 Å². The Labute approximate surface area is 218 Å². The molecule has 1 aromatic heterocycles. The van der Waals surface area contributed by atoms with Gasteiger partial charge < -0.3 is 30.6 Å². The van der Waals surface area contributed by atoms with Crippen LogP contribution in [0.1, 0.15) is 28.9 Å². The number of nitrogens with one attached hydrogen (secondary N) is 2. The van der Waals surface area contributed by atoms with Gasteiger partial charge in [-0.2, -0.15) is 0 Å². The minimum Gasteiger partial charge on any atom is -0.496 e. The molecular formula is C28H27N5O5. The number of nitrogens with two attached hydrogens (primary N) is 1. The number of ether oxygens (including phenoxy) is 1. The van der Waals surface area contributed by atoms with Crippen LogP contribution in [0.5, 0.6) is 5.75 Å². The first-order chi connectivity index (χ1) is 18.3. The fourth-order valence-electron chi connectivity index (χ4n) is 6.86. The molecule has 0 radical (unpaired) electrons. The van der Waals surface area contributed by atoms with Crippen LogP contribution in [0.25, 0.3) is 10.9 Å². The zero-order valence-corrected chi connectivity index (χ0v) is 20.8. The van der Waals surface area contributed by atoms with Gasteiger partial charge >= 0.3 is 0 Å². The molecule has 3 fully saturated rings. The van der Waals surface area contributed by atoms with E-state index in [2.05, 4.69) is 10.3 Å². The molecule has 38 heavy (non-hydrogen) atoms. The third-order valence-corrected chi connectivity index (χ3v) is 8.83. The largest absolute Gasteiger partial charge is 0.496 e. The van der Waals surface area contributed by atoms with E-state index in [4.69, 9.17) is 10.5 Å². The Morgan fingerprint density at radius 2 is 1.92 bits per heavy atom. The normalized spacial score (nSPS) is 28.9. The number of hydrogen-bond donors (Lipinski definition) is 3. The zero-order valence-electron chi connectivity index (χ0n) is 20.8. The van der Waals surface area contributed by atoms with E-state index in [1.807, 2.05) is 42.5 Å². The summed E-state index contributed by atoms with van der Waals surface area (Å²) in [5.41, 5.74) is 7.32. The molecular weight excluding hydrogens is 486 g/mol. The minimum absolute atomic E-state index is 0.0279. The van der Waals surface area contributed by atoms with Gasteiger partial charge in [-0.3, -0.25) is 19.2 Å². The highest BCUT2D eigenvalue weighted by Gasteiger charge is 2.62. The number of methoxy groups -OCH3 is 1. The first-order valence-electron chi connectivity index (χ1n) is 12.8. The molecule has 1 spiro atoms. The number of anilines is 1. The maximum atomic E-state index is 14.1. The van der Waals surface area contributed by atoms with Crippen molar-refractivity contribution >= 4 is 40.2 Å². The van der Waals surface area contributed by atoms with Gasteiger partial charge in [0.05, 0.1) is 12.5 Å². The molecule has 5 atom stereocenters. The standard InChI is InChI=1S/C28H27N5O5/c1-38-22-8-4-7-18-16(22)10-20(30-18)25(35)32-12-14-9-15(14)23(32)26(36)33-13-28(11-21(33)24(29)34)17-5-2-3-6-19(17)31-27(28)37/h2-8,10,14-15,21,23,30H,9,11-13H2,1H3,(H2,29,34)(H,31,37)/t14-,15-,21+,23+,28+/m1/s1. The second-order valence-electron chi connectivity index (χ2n) is 10.8. The average Bonchev–Trinajstić information content (AvgIpc) is 3.28. The zero-order chi connectivity index (χ0) is 26.3. The van der Waals surface area contributed by atoms with Crippen molar-refractivity contribution in [3.63, 3.8) is 0 Å². The van der Waals surface area contributed by atoms with Crippen LogP contribution in [0.3, 0.4) is 0 Å². The lowest BCUT2D eigenvalue weighted by Crippen LogP contribution is -2.54. The highest BCUT2D eigenvalue weighted by molar-refractivity contribution is 6.09. The topological polar surface area (TPSA) is 138 Å². The number of aromatic amines is 1. The van der Waals surface area contributed by atoms with Crippen LogP contribution in [-0.2, 0) is 19.8 Å². The number of para-hydroxylation sites is 1. The number of likely N-dealkylation sites (tertiary alicyclic amines) is 2. The molecule has 10 nitrogen and oxygen atoms in total. The molecule has 4 N–H and O–H groups in total. The Morgan fingerprint density at radius 1 is 1.11 bits per heavy atom. The molecule has 3 aliphatic heterocycles. The number of rotatable bonds is 4. The van der Waals surface area contributed by atoms with Crippen molar-refractivity contribution < 1.29 is 23.9 Å². The molecule has 1 aliphatic carbocycles. The highest BCUT2D eigenvalue weighted by atomic mass is 16.5. The number of fused-ring (bicyclic) bond motifs is 4. The average molecular weight is 514 g/mol. The number of benzene rings is 2. The molecule has 2 aromatic carbocycles. The van der Waals surface area contributed by atoms with Crippen LogP contribution in [0, 0.1) is 11.8 Å². The van der Waals surface area contributed by atoms with E-state index in [-0.39, 0.29) is 42.5 Å². The van der Waals surface area contributed by atoms with Crippen molar-refractivity contribution in [1.29, 1.82) is 0 Å². The summed E-state index contributed by atoms with van der Waals surface area (Å²) in [5.74, 6) is -0.575. The number of nitrogens with zero attached hydrogens (tertiary/aromatic N) is 2. The summed E-state index contributed by atoms with van der Waals surface area (Å²) in [5, 5.41) is 3.68. The number of amides is 4. The summed E-state index contributed by atoms with van der Waals surface area (Å²) in [6, 6.07) is 13.0. The molecule has 1 saturated carbocycles. The first-order valence-corrected chi connectivity index (χ1v) is 12.8. The van der Waals surface area contributed by atoms with Gasteiger partial charge in [0.25, 0.3) is 5.91 Å². The van der Waals surface area contributed by atoms with Crippen molar-refractivity contribution in [1.82, 2.24) is 14.8 Å². The second kappa shape index (κ2) is 7.83. The lowest BCUT2D eigenvalue weighted by molar-refractivity contribution is -0.141. The van der Waals surface area contributed by atoms with E-state index >= 15 is 0 Å². The molecule has 0 unspecified atom stereocenters. The SMILES string of the molecule is COc1cccc2[nH]c(C(=O)N3C[C@H]4C[C@H]4[C@H]3C(=O)N3C[C@]4(C[C@H]3C(N)=O)C(=O)Nc3ccccc34)cc12. The van der Waals surface area contributed by atoms with Crippen LogP contribution < -0.4 is 15.8 Å². The van der Waals surface area contributed by atoms with Gasteiger partial charge in [-0.05, 0) is 54.5 Å². The lowest BCUT2D eigenvalue weighted by Gasteiger charge is -2.32.